The Morgan fingerprint density at radius 3 is 2.35 bits per heavy atom. The quantitative estimate of drug-likeness (QED) is 0.857. The molecule has 4 unspecified atom stereocenters. The summed E-state index contributed by atoms with van der Waals surface area (Å²) in [5.41, 5.74) is 7.05. The highest BCUT2D eigenvalue weighted by molar-refractivity contribution is 5.99. The number of rotatable bonds is 4. The topological polar surface area (TPSA) is 52.3 Å². The Labute approximate surface area is 119 Å². The fourth-order valence-electron chi connectivity index (χ4n) is 3.99. The smallest absolute Gasteiger partial charge is 0.167 e. The first kappa shape index (κ1) is 12.4. The molecule has 20 heavy (non-hydrogen) atoms. The van der Waals surface area contributed by atoms with E-state index in [9.17, 15) is 4.79 Å². The third-order valence-corrected chi connectivity index (χ3v) is 5.25. The zero-order valence-corrected chi connectivity index (χ0v) is 11.6. The molecule has 2 bridgehead atoms. The molecular weight excluding hydrogens is 250 g/mol. The van der Waals surface area contributed by atoms with Crippen molar-refractivity contribution in [3.05, 3.63) is 29.8 Å². The molecule has 0 heterocycles. The van der Waals surface area contributed by atoms with Gasteiger partial charge in [0.05, 0.1) is 6.10 Å². The van der Waals surface area contributed by atoms with Crippen molar-refractivity contribution in [2.45, 2.75) is 44.2 Å². The van der Waals surface area contributed by atoms with Gasteiger partial charge >= 0.3 is 0 Å². The molecule has 0 aromatic heterocycles. The molecule has 1 aromatic carbocycles. The lowest BCUT2D eigenvalue weighted by Crippen LogP contribution is -2.40. The lowest BCUT2D eigenvalue weighted by atomic mass is 9.80. The van der Waals surface area contributed by atoms with Gasteiger partial charge in [-0.05, 0) is 68.2 Å². The number of ketones is 1. The summed E-state index contributed by atoms with van der Waals surface area (Å²) in [4.78, 5) is 12.7. The van der Waals surface area contributed by atoms with Crippen LogP contribution in [-0.4, -0.2) is 17.9 Å². The van der Waals surface area contributed by atoms with Crippen molar-refractivity contribution in [2.24, 2.45) is 23.5 Å². The summed E-state index contributed by atoms with van der Waals surface area (Å²) in [5.74, 6) is 2.25. The molecule has 0 radical (unpaired) electrons. The first-order valence-electron chi connectivity index (χ1n) is 7.79. The minimum absolute atomic E-state index is 0.0453. The number of benzene rings is 1. The van der Waals surface area contributed by atoms with Gasteiger partial charge in [0.15, 0.2) is 5.78 Å². The summed E-state index contributed by atoms with van der Waals surface area (Å²) in [6.07, 6.45) is 6.25. The van der Waals surface area contributed by atoms with Crippen molar-refractivity contribution in [2.75, 3.05) is 0 Å². The van der Waals surface area contributed by atoms with Crippen molar-refractivity contribution in [3.8, 4) is 5.75 Å². The Bertz CT molecular complexity index is 518. The zero-order chi connectivity index (χ0) is 13.7. The summed E-state index contributed by atoms with van der Waals surface area (Å²) in [5, 5.41) is 0. The number of hydrogen-bond donors (Lipinski definition) is 1. The first-order valence-corrected chi connectivity index (χ1v) is 7.79. The third-order valence-electron chi connectivity index (χ3n) is 5.25. The van der Waals surface area contributed by atoms with E-state index >= 15 is 0 Å². The molecule has 3 heteroatoms. The van der Waals surface area contributed by atoms with Gasteiger partial charge in [-0.3, -0.25) is 4.79 Å². The van der Waals surface area contributed by atoms with Crippen LogP contribution in [0.4, 0.5) is 0 Å². The Morgan fingerprint density at radius 2 is 1.75 bits per heavy atom. The highest BCUT2D eigenvalue weighted by Gasteiger charge is 2.48. The van der Waals surface area contributed by atoms with Crippen molar-refractivity contribution >= 4 is 5.78 Å². The van der Waals surface area contributed by atoms with Gasteiger partial charge in [0, 0.05) is 17.5 Å². The van der Waals surface area contributed by atoms with Crippen LogP contribution in [0.25, 0.3) is 0 Å². The standard InChI is InChI=1S/C17H21NO2/c18-16-12-2-1-11(9-12)15(16)17(19)10-3-5-13(6-4-10)20-14-7-8-14/h3-6,11-12,14-16H,1-2,7-9,18H2. The second-order valence-electron chi connectivity index (χ2n) is 6.64. The van der Waals surface area contributed by atoms with Crippen LogP contribution in [0.15, 0.2) is 24.3 Å². The largest absolute Gasteiger partial charge is 0.490 e. The van der Waals surface area contributed by atoms with Gasteiger partial charge in [-0.15, -0.1) is 0 Å². The highest BCUT2D eigenvalue weighted by atomic mass is 16.5. The Morgan fingerprint density at radius 1 is 1.05 bits per heavy atom. The van der Waals surface area contributed by atoms with Gasteiger partial charge in [-0.25, -0.2) is 0 Å². The molecule has 3 fully saturated rings. The average Bonchev–Trinajstić information content (AvgIpc) is 3.05. The Hall–Kier alpha value is -1.35. The number of ether oxygens (including phenoxy) is 1. The molecule has 3 aliphatic carbocycles. The van der Waals surface area contributed by atoms with Gasteiger partial charge in [0.25, 0.3) is 0 Å². The van der Waals surface area contributed by atoms with Crippen LogP contribution in [0.2, 0.25) is 0 Å². The molecular formula is C17H21NO2. The summed E-state index contributed by atoms with van der Waals surface area (Å²) in [7, 11) is 0. The predicted octanol–water partition coefficient (Wildman–Crippen LogP) is 2.78. The van der Waals surface area contributed by atoms with Crippen LogP contribution < -0.4 is 10.5 Å². The molecule has 1 aromatic rings. The number of carbonyl (C=O) groups is 1. The van der Waals surface area contributed by atoms with E-state index in [4.69, 9.17) is 10.5 Å². The van der Waals surface area contributed by atoms with Crippen LogP contribution in [0.5, 0.6) is 5.75 Å². The van der Waals surface area contributed by atoms with Crippen LogP contribution in [0.1, 0.15) is 42.5 Å². The molecule has 0 spiro atoms. The molecule has 4 rings (SSSR count). The SMILES string of the molecule is NC1C2CCC(C2)C1C(=O)c1ccc(OC2CC2)cc1. The maximum atomic E-state index is 12.7. The normalized spacial score (nSPS) is 35.2. The maximum absolute atomic E-state index is 12.7. The van der Waals surface area contributed by atoms with Crippen LogP contribution in [0.3, 0.4) is 0 Å². The van der Waals surface area contributed by atoms with Crippen LogP contribution in [-0.2, 0) is 0 Å². The number of Topliss-reactive ketones (excluding diaryl/α,β-unsaturated/α-hetero) is 1. The summed E-state index contributed by atoms with van der Waals surface area (Å²) >= 11 is 0. The summed E-state index contributed by atoms with van der Waals surface area (Å²) < 4.78 is 5.72. The first-order chi connectivity index (χ1) is 9.72. The van der Waals surface area contributed by atoms with Crippen molar-refractivity contribution in [1.82, 2.24) is 0 Å². The lowest BCUT2D eigenvalue weighted by molar-refractivity contribution is 0.0856. The third kappa shape index (κ3) is 2.05. The van der Waals surface area contributed by atoms with Gasteiger partial charge < -0.3 is 10.5 Å². The number of hydrogen-bond acceptors (Lipinski definition) is 3. The second-order valence-corrected chi connectivity index (χ2v) is 6.64. The minimum Gasteiger partial charge on any atom is -0.490 e. The van der Waals surface area contributed by atoms with E-state index in [-0.39, 0.29) is 17.7 Å². The van der Waals surface area contributed by atoms with Crippen molar-refractivity contribution < 1.29 is 9.53 Å². The molecule has 106 valence electrons. The van der Waals surface area contributed by atoms with E-state index in [0.717, 1.165) is 30.6 Å². The van der Waals surface area contributed by atoms with E-state index in [1.54, 1.807) is 0 Å². The van der Waals surface area contributed by atoms with Gasteiger partial charge in [0.1, 0.15) is 5.75 Å². The fourth-order valence-corrected chi connectivity index (χ4v) is 3.99. The van der Waals surface area contributed by atoms with Gasteiger partial charge in [0.2, 0.25) is 0 Å². The average molecular weight is 271 g/mol. The number of carbonyl (C=O) groups excluding carboxylic acids is 1. The summed E-state index contributed by atoms with van der Waals surface area (Å²) in [6, 6.07) is 7.72. The van der Waals surface area contributed by atoms with E-state index in [1.807, 2.05) is 24.3 Å². The van der Waals surface area contributed by atoms with Crippen LogP contribution >= 0.6 is 0 Å². The summed E-state index contributed by atoms with van der Waals surface area (Å²) in [6.45, 7) is 0. The Balaban J connectivity index is 1.50. The van der Waals surface area contributed by atoms with E-state index in [0.29, 0.717) is 17.9 Å². The zero-order valence-electron chi connectivity index (χ0n) is 11.6. The molecule has 2 N–H and O–H groups in total. The molecule has 0 aliphatic heterocycles. The van der Waals surface area contributed by atoms with E-state index in [2.05, 4.69) is 0 Å². The number of nitrogens with two attached hydrogens (primary N) is 1. The fraction of sp³-hybridized carbons (Fsp3) is 0.588. The molecule has 3 aliphatic rings. The second kappa shape index (κ2) is 4.59. The maximum Gasteiger partial charge on any atom is 0.167 e. The Kier molecular flexibility index (Phi) is 2.84. The molecule has 0 saturated heterocycles. The molecule has 3 saturated carbocycles. The van der Waals surface area contributed by atoms with E-state index < -0.39 is 0 Å². The monoisotopic (exact) mass is 271 g/mol. The number of fused-ring (bicyclic) bond motifs is 2. The minimum atomic E-state index is 0.0453. The van der Waals surface area contributed by atoms with Crippen molar-refractivity contribution in [1.29, 1.82) is 0 Å². The van der Waals surface area contributed by atoms with Gasteiger partial charge in [-0.1, -0.05) is 0 Å². The van der Waals surface area contributed by atoms with Crippen LogP contribution in [0, 0.1) is 17.8 Å². The van der Waals surface area contributed by atoms with Crippen molar-refractivity contribution in [3.63, 3.8) is 0 Å². The van der Waals surface area contributed by atoms with E-state index in [1.165, 1.54) is 12.8 Å². The molecule has 3 nitrogen and oxygen atoms in total. The lowest BCUT2D eigenvalue weighted by Gasteiger charge is -2.26. The molecule has 4 atom stereocenters. The predicted molar refractivity (Wildman–Crippen MR) is 76.7 cm³/mol. The molecule has 0 amide bonds. The highest BCUT2D eigenvalue weighted by Crippen LogP contribution is 2.48. The van der Waals surface area contributed by atoms with Gasteiger partial charge in [-0.2, -0.15) is 0 Å².